The summed E-state index contributed by atoms with van der Waals surface area (Å²) in [6, 6.07) is 20.1. The van der Waals surface area contributed by atoms with Gasteiger partial charge in [-0.25, -0.2) is 4.79 Å². The Kier molecular flexibility index (Phi) is 6.99. The third kappa shape index (κ3) is 5.71. The molecule has 2 aromatic carbocycles. The Hall–Kier alpha value is -2.70. The Balaban J connectivity index is 1.33. The van der Waals surface area contributed by atoms with Gasteiger partial charge in [-0.2, -0.15) is 0 Å². The average molecular weight is 422 g/mol. The summed E-state index contributed by atoms with van der Waals surface area (Å²) in [6.45, 7) is 2.93. The van der Waals surface area contributed by atoms with Crippen LogP contribution in [0.2, 0.25) is 0 Å². The smallest absolute Gasteiger partial charge is 0.326 e. The van der Waals surface area contributed by atoms with Crippen LogP contribution in [0.4, 0.5) is 0 Å². The van der Waals surface area contributed by atoms with Crippen molar-refractivity contribution >= 4 is 11.9 Å². The standard InChI is InChI=1S/C25H31N3O3/c29-24(26-23(25(30)31)15-19-7-3-1-4-8-19)18-27-14-13-21-11-12-22(17-27)28(21)16-20-9-5-2-6-10-20/h1-10,21-23H,11-18H2,(H,26,29)(H,30,31)/t21?,22?,23-/m0/s1. The van der Waals surface area contributed by atoms with Crippen LogP contribution < -0.4 is 5.32 Å². The van der Waals surface area contributed by atoms with Crippen LogP contribution in [-0.2, 0) is 22.6 Å². The van der Waals surface area contributed by atoms with E-state index in [0.717, 1.165) is 38.0 Å². The molecule has 0 radical (unpaired) electrons. The van der Waals surface area contributed by atoms with E-state index in [4.69, 9.17) is 0 Å². The maximum absolute atomic E-state index is 12.7. The van der Waals surface area contributed by atoms with E-state index in [9.17, 15) is 14.7 Å². The number of amides is 1. The zero-order valence-corrected chi connectivity index (χ0v) is 17.8. The molecule has 4 rings (SSSR count). The maximum atomic E-state index is 12.7. The SMILES string of the molecule is O=C(CN1CCC2CCC(C1)N2Cc1ccccc1)N[C@@H](Cc1ccccc1)C(=O)O. The molecular formula is C25H31N3O3. The number of carbonyl (C=O) groups is 2. The molecule has 2 N–H and O–H groups in total. The quantitative estimate of drug-likeness (QED) is 0.685. The minimum Gasteiger partial charge on any atom is -0.480 e. The number of rotatable bonds is 8. The number of nitrogens with one attached hydrogen (secondary N) is 1. The summed E-state index contributed by atoms with van der Waals surface area (Å²) in [5.74, 6) is -1.21. The lowest BCUT2D eigenvalue weighted by Crippen LogP contribution is -2.48. The van der Waals surface area contributed by atoms with Crippen molar-refractivity contribution < 1.29 is 14.7 Å². The molecule has 0 aromatic heterocycles. The van der Waals surface area contributed by atoms with Crippen molar-refractivity contribution in [3.05, 3.63) is 71.8 Å². The molecule has 1 amide bonds. The minimum atomic E-state index is -0.999. The second-order valence-electron chi connectivity index (χ2n) is 8.71. The molecule has 0 spiro atoms. The Bertz CT molecular complexity index is 874. The fourth-order valence-corrected chi connectivity index (χ4v) is 4.93. The summed E-state index contributed by atoms with van der Waals surface area (Å²) in [5.41, 5.74) is 2.23. The molecule has 2 bridgehead atoms. The molecule has 2 aliphatic heterocycles. The van der Waals surface area contributed by atoms with Gasteiger partial charge >= 0.3 is 5.97 Å². The van der Waals surface area contributed by atoms with Crippen LogP contribution in [0.5, 0.6) is 0 Å². The summed E-state index contributed by atoms with van der Waals surface area (Å²) in [5, 5.41) is 12.3. The van der Waals surface area contributed by atoms with Gasteiger partial charge in [0, 0.05) is 38.1 Å². The first kappa shape index (κ1) is 21.5. The first-order chi connectivity index (χ1) is 15.1. The lowest BCUT2D eigenvalue weighted by atomic mass is 10.1. The van der Waals surface area contributed by atoms with Crippen LogP contribution in [0, 0.1) is 0 Å². The summed E-state index contributed by atoms with van der Waals surface area (Å²) in [7, 11) is 0. The van der Waals surface area contributed by atoms with Crippen LogP contribution in [0.15, 0.2) is 60.7 Å². The molecule has 6 heteroatoms. The van der Waals surface area contributed by atoms with E-state index < -0.39 is 12.0 Å². The lowest BCUT2D eigenvalue weighted by Gasteiger charge is -2.29. The number of carboxylic acid groups (broad SMARTS) is 1. The van der Waals surface area contributed by atoms with E-state index in [1.54, 1.807) is 0 Å². The lowest BCUT2D eigenvalue weighted by molar-refractivity contribution is -0.142. The van der Waals surface area contributed by atoms with Crippen molar-refractivity contribution in [1.82, 2.24) is 15.1 Å². The second-order valence-corrected chi connectivity index (χ2v) is 8.71. The van der Waals surface area contributed by atoms with Crippen molar-refractivity contribution in [3.8, 4) is 0 Å². The Morgan fingerprint density at radius 3 is 2.26 bits per heavy atom. The van der Waals surface area contributed by atoms with Gasteiger partial charge in [-0.1, -0.05) is 60.7 Å². The van der Waals surface area contributed by atoms with Gasteiger partial charge in [0.2, 0.25) is 5.91 Å². The van der Waals surface area contributed by atoms with E-state index in [1.807, 2.05) is 36.4 Å². The first-order valence-electron chi connectivity index (χ1n) is 11.2. The van der Waals surface area contributed by atoms with E-state index in [0.29, 0.717) is 12.1 Å². The van der Waals surface area contributed by atoms with E-state index in [1.165, 1.54) is 12.0 Å². The van der Waals surface area contributed by atoms with Crippen molar-refractivity contribution in [2.45, 2.75) is 50.4 Å². The van der Waals surface area contributed by atoms with Gasteiger partial charge in [0.05, 0.1) is 6.54 Å². The number of hydrogen-bond acceptors (Lipinski definition) is 4. The number of carboxylic acids is 1. The van der Waals surface area contributed by atoms with Gasteiger partial charge < -0.3 is 10.4 Å². The van der Waals surface area contributed by atoms with Crippen LogP contribution in [0.25, 0.3) is 0 Å². The van der Waals surface area contributed by atoms with Gasteiger partial charge in [-0.05, 0) is 30.4 Å². The summed E-state index contributed by atoms with van der Waals surface area (Å²) in [6.07, 6.45) is 3.71. The van der Waals surface area contributed by atoms with Crippen molar-refractivity contribution in [2.75, 3.05) is 19.6 Å². The third-order valence-electron chi connectivity index (χ3n) is 6.51. The normalized spacial score (nSPS) is 22.6. The number of fused-ring (bicyclic) bond motifs is 2. The monoisotopic (exact) mass is 421 g/mol. The molecule has 2 heterocycles. The van der Waals surface area contributed by atoms with Crippen LogP contribution in [0.3, 0.4) is 0 Å². The predicted molar refractivity (Wildman–Crippen MR) is 120 cm³/mol. The van der Waals surface area contributed by atoms with E-state index in [-0.39, 0.29) is 18.9 Å². The molecular weight excluding hydrogens is 390 g/mol. The maximum Gasteiger partial charge on any atom is 0.326 e. The number of nitrogens with zero attached hydrogens (tertiary/aromatic N) is 2. The highest BCUT2D eigenvalue weighted by atomic mass is 16.4. The van der Waals surface area contributed by atoms with E-state index >= 15 is 0 Å². The fraction of sp³-hybridized carbons (Fsp3) is 0.440. The number of hydrogen-bond donors (Lipinski definition) is 2. The molecule has 2 unspecified atom stereocenters. The van der Waals surface area contributed by atoms with Gasteiger partial charge in [0.15, 0.2) is 0 Å². The zero-order valence-electron chi connectivity index (χ0n) is 17.8. The predicted octanol–water partition coefficient (Wildman–Crippen LogP) is 2.54. The molecule has 2 aliphatic rings. The zero-order chi connectivity index (χ0) is 21.6. The molecule has 3 atom stereocenters. The van der Waals surface area contributed by atoms with Crippen molar-refractivity contribution in [1.29, 1.82) is 0 Å². The third-order valence-corrected chi connectivity index (χ3v) is 6.51. The number of benzene rings is 2. The van der Waals surface area contributed by atoms with Crippen LogP contribution in [0.1, 0.15) is 30.4 Å². The van der Waals surface area contributed by atoms with Crippen LogP contribution in [-0.4, -0.2) is 64.5 Å². The molecule has 2 saturated heterocycles. The molecule has 2 aromatic rings. The highest BCUT2D eigenvalue weighted by Gasteiger charge is 2.37. The average Bonchev–Trinajstić information content (AvgIpc) is 3.04. The van der Waals surface area contributed by atoms with Gasteiger partial charge in [-0.3, -0.25) is 14.6 Å². The minimum absolute atomic E-state index is 0.212. The van der Waals surface area contributed by atoms with Crippen molar-refractivity contribution in [2.24, 2.45) is 0 Å². The first-order valence-corrected chi connectivity index (χ1v) is 11.2. The summed E-state index contributed by atoms with van der Waals surface area (Å²) >= 11 is 0. The molecule has 6 nitrogen and oxygen atoms in total. The molecule has 0 saturated carbocycles. The number of likely N-dealkylation sites (tertiary alicyclic amines) is 1. The fourth-order valence-electron chi connectivity index (χ4n) is 4.93. The topological polar surface area (TPSA) is 72.9 Å². The molecule has 31 heavy (non-hydrogen) atoms. The molecule has 164 valence electrons. The Labute approximate surface area is 183 Å². The Morgan fingerprint density at radius 1 is 0.935 bits per heavy atom. The highest BCUT2D eigenvalue weighted by Crippen LogP contribution is 2.31. The summed E-state index contributed by atoms with van der Waals surface area (Å²) < 4.78 is 0. The van der Waals surface area contributed by atoms with Crippen LogP contribution >= 0.6 is 0 Å². The van der Waals surface area contributed by atoms with E-state index in [2.05, 4.69) is 39.4 Å². The number of carbonyl (C=O) groups excluding carboxylic acids is 1. The number of aliphatic carboxylic acids is 1. The second kappa shape index (κ2) is 10.1. The Morgan fingerprint density at radius 2 is 1.58 bits per heavy atom. The van der Waals surface area contributed by atoms with Gasteiger partial charge in [0.25, 0.3) is 0 Å². The molecule has 2 fully saturated rings. The van der Waals surface area contributed by atoms with Gasteiger partial charge in [-0.15, -0.1) is 0 Å². The van der Waals surface area contributed by atoms with Gasteiger partial charge in [0.1, 0.15) is 6.04 Å². The molecule has 0 aliphatic carbocycles. The van der Waals surface area contributed by atoms with Crippen molar-refractivity contribution in [3.63, 3.8) is 0 Å². The largest absolute Gasteiger partial charge is 0.480 e. The summed E-state index contributed by atoms with van der Waals surface area (Å²) in [4.78, 5) is 29.1. The highest BCUT2D eigenvalue weighted by molar-refractivity contribution is 5.84.